The van der Waals surface area contributed by atoms with E-state index in [0.717, 1.165) is 0 Å². The number of benzene rings is 2. The molecule has 29 heavy (non-hydrogen) atoms. The van der Waals surface area contributed by atoms with Crippen molar-refractivity contribution in [2.75, 3.05) is 14.2 Å². The number of methoxy groups -OCH3 is 2. The molecule has 0 fully saturated rings. The lowest BCUT2D eigenvalue weighted by molar-refractivity contribution is 0.0697. The summed E-state index contributed by atoms with van der Waals surface area (Å²) in [7, 11) is 2.98. The minimum atomic E-state index is -1.05. The predicted molar refractivity (Wildman–Crippen MR) is 106 cm³/mol. The van der Waals surface area contributed by atoms with Gasteiger partial charge in [-0.25, -0.2) is 10.2 Å². The van der Waals surface area contributed by atoms with E-state index < -0.39 is 11.9 Å². The third-order valence-electron chi connectivity index (χ3n) is 4.02. The molecule has 0 aliphatic carbocycles. The molecule has 0 unspecified atom stereocenters. The van der Waals surface area contributed by atoms with Gasteiger partial charge in [0.1, 0.15) is 23.0 Å². The van der Waals surface area contributed by atoms with Gasteiger partial charge in [0.2, 0.25) is 0 Å². The van der Waals surface area contributed by atoms with Crippen molar-refractivity contribution in [2.24, 2.45) is 5.10 Å². The largest absolute Gasteiger partial charge is 0.497 e. The van der Waals surface area contributed by atoms with E-state index >= 15 is 0 Å². The van der Waals surface area contributed by atoms with Crippen molar-refractivity contribution >= 4 is 18.1 Å². The molecule has 0 bridgehead atoms. The average Bonchev–Trinajstić information content (AvgIpc) is 3.21. The fourth-order valence-corrected chi connectivity index (χ4v) is 2.61. The van der Waals surface area contributed by atoms with E-state index in [1.807, 2.05) is 0 Å². The van der Waals surface area contributed by atoms with E-state index in [4.69, 9.17) is 13.9 Å². The molecule has 1 aromatic heterocycles. The van der Waals surface area contributed by atoms with Crippen LogP contribution in [-0.2, 0) is 0 Å². The molecule has 148 valence electrons. The fraction of sp³-hybridized carbons (Fsp3) is 0.0952. The second-order valence-corrected chi connectivity index (χ2v) is 5.85. The maximum Gasteiger partial charge on any atom is 0.336 e. The van der Waals surface area contributed by atoms with Crippen LogP contribution in [0.4, 0.5) is 0 Å². The van der Waals surface area contributed by atoms with Crippen LogP contribution in [0.2, 0.25) is 0 Å². The first-order valence-electron chi connectivity index (χ1n) is 8.51. The number of carboxylic acids is 1. The highest BCUT2D eigenvalue weighted by Gasteiger charge is 2.14. The minimum absolute atomic E-state index is 0.130. The average molecular weight is 394 g/mol. The van der Waals surface area contributed by atoms with Crippen LogP contribution in [-0.4, -0.2) is 37.4 Å². The van der Waals surface area contributed by atoms with Crippen LogP contribution < -0.4 is 14.9 Å². The van der Waals surface area contributed by atoms with Crippen molar-refractivity contribution in [1.29, 1.82) is 0 Å². The third kappa shape index (κ3) is 4.62. The molecule has 1 amide bonds. The van der Waals surface area contributed by atoms with Gasteiger partial charge in [0.25, 0.3) is 5.91 Å². The van der Waals surface area contributed by atoms with E-state index in [1.54, 1.807) is 48.5 Å². The van der Waals surface area contributed by atoms with E-state index in [2.05, 4.69) is 10.5 Å². The third-order valence-corrected chi connectivity index (χ3v) is 4.02. The number of carbonyl (C=O) groups excluding carboxylic acids is 1. The number of hydrazone groups is 1. The van der Waals surface area contributed by atoms with E-state index in [-0.39, 0.29) is 5.56 Å². The Kier molecular flexibility index (Phi) is 5.94. The van der Waals surface area contributed by atoms with Gasteiger partial charge in [-0.2, -0.15) is 5.10 Å². The number of carboxylic acid groups (broad SMARTS) is 1. The molecule has 1 heterocycles. The molecule has 0 radical (unpaired) electrons. The summed E-state index contributed by atoms with van der Waals surface area (Å²) in [6.07, 6.45) is 1.32. The van der Waals surface area contributed by atoms with Crippen molar-refractivity contribution in [1.82, 2.24) is 5.43 Å². The van der Waals surface area contributed by atoms with Crippen molar-refractivity contribution in [3.63, 3.8) is 0 Å². The Morgan fingerprint density at radius 1 is 1.03 bits per heavy atom. The smallest absolute Gasteiger partial charge is 0.336 e. The van der Waals surface area contributed by atoms with Gasteiger partial charge in [-0.05, 0) is 30.3 Å². The minimum Gasteiger partial charge on any atom is -0.497 e. The monoisotopic (exact) mass is 394 g/mol. The number of hydrogen-bond donors (Lipinski definition) is 2. The van der Waals surface area contributed by atoms with Crippen LogP contribution in [0.3, 0.4) is 0 Å². The molecule has 0 spiro atoms. The molecule has 0 aliphatic rings. The summed E-state index contributed by atoms with van der Waals surface area (Å²) in [5.41, 5.74) is 3.29. The number of hydrogen-bond acceptors (Lipinski definition) is 6. The van der Waals surface area contributed by atoms with Crippen LogP contribution >= 0.6 is 0 Å². The summed E-state index contributed by atoms with van der Waals surface area (Å²) in [5.74, 6) is 0.184. The summed E-state index contributed by atoms with van der Waals surface area (Å²) in [6, 6.07) is 14.5. The van der Waals surface area contributed by atoms with Gasteiger partial charge >= 0.3 is 5.97 Å². The number of nitrogens with zero attached hydrogens (tertiary/aromatic N) is 1. The normalized spacial score (nSPS) is 10.7. The standard InChI is InChI=1S/C21H18N2O6/c1-27-15-9-13(10-16(11-15)28-2)20(24)23-22-12-14-7-8-19(29-14)17-5-3-4-6-18(17)21(25)26/h3-12H,1-2H3,(H,23,24)(H,25,26)/b22-12-. The lowest BCUT2D eigenvalue weighted by Crippen LogP contribution is -2.17. The Balaban J connectivity index is 1.72. The number of amides is 1. The molecule has 2 N–H and O–H groups in total. The molecular weight excluding hydrogens is 376 g/mol. The molecule has 0 saturated heterocycles. The van der Waals surface area contributed by atoms with Crippen LogP contribution in [0.25, 0.3) is 11.3 Å². The van der Waals surface area contributed by atoms with Crippen molar-refractivity contribution in [3.8, 4) is 22.8 Å². The zero-order valence-corrected chi connectivity index (χ0v) is 15.7. The van der Waals surface area contributed by atoms with E-state index in [1.165, 1.54) is 26.5 Å². The molecule has 3 rings (SSSR count). The number of rotatable bonds is 7. The molecule has 3 aromatic rings. The number of carbonyl (C=O) groups is 2. The SMILES string of the molecule is COc1cc(OC)cc(C(=O)N/N=C\c2ccc(-c3ccccc3C(=O)O)o2)c1. The summed E-state index contributed by atoms with van der Waals surface area (Å²) in [4.78, 5) is 23.6. The van der Waals surface area contributed by atoms with Crippen molar-refractivity contribution < 1.29 is 28.6 Å². The first kappa shape index (κ1) is 19.7. The number of ether oxygens (including phenoxy) is 2. The van der Waals surface area contributed by atoms with Crippen LogP contribution in [0.15, 0.2) is 64.1 Å². The van der Waals surface area contributed by atoms with Gasteiger partial charge in [-0.3, -0.25) is 4.79 Å². The Morgan fingerprint density at radius 2 is 1.72 bits per heavy atom. The molecule has 0 saturated carbocycles. The van der Waals surface area contributed by atoms with E-state index in [0.29, 0.717) is 34.1 Å². The van der Waals surface area contributed by atoms with Gasteiger partial charge in [0.05, 0.1) is 26.0 Å². The van der Waals surface area contributed by atoms with Gasteiger partial charge in [0.15, 0.2) is 0 Å². The second kappa shape index (κ2) is 8.75. The van der Waals surface area contributed by atoms with E-state index in [9.17, 15) is 14.7 Å². The molecular formula is C21H18N2O6. The first-order valence-corrected chi connectivity index (χ1v) is 8.51. The molecule has 8 nitrogen and oxygen atoms in total. The highest BCUT2D eigenvalue weighted by molar-refractivity contribution is 5.96. The first-order chi connectivity index (χ1) is 14.0. The van der Waals surface area contributed by atoms with Gasteiger partial charge < -0.3 is 19.0 Å². The fourth-order valence-electron chi connectivity index (χ4n) is 2.61. The maximum atomic E-state index is 12.3. The second-order valence-electron chi connectivity index (χ2n) is 5.85. The van der Waals surface area contributed by atoms with Crippen molar-refractivity contribution in [2.45, 2.75) is 0 Å². The Labute approximate surface area is 166 Å². The number of furan rings is 1. The highest BCUT2D eigenvalue weighted by atomic mass is 16.5. The maximum absolute atomic E-state index is 12.3. The van der Waals surface area contributed by atoms with Crippen molar-refractivity contribution in [3.05, 3.63) is 71.5 Å². The summed E-state index contributed by atoms with van der Waals surface area (Å²) < 4.78 is 15.9. The Hall–Kier alpha value is -4.07. The lowest BCUT2D eigenvalue weighted by Gasteiger charge is -2.07. The molecule has 2 aromatic carbocycles. The van der Waals surface area contributed by atoms with Gasteiger partial charge in [0, 0.05) is 17.2 Å². The topological polar surface area (TPSA) is 110 Å². The van der Waals surface area contributed by atoms with Crippen LogP contribution in [0, 0.1) is 0 Å². The summed E-state index contributed by atoms with van der Waals surface area (Å²) in [5, 5.41) is 13.2. The quantitative estimate of drug-likeness (QED) is 0.469. The zero-order chi connectivity index (χ0) is 20.8. The van der Waals surface area contributed by atoms with Gasteiger partial charge in [-0.15, -0.1) is 0 Å². The predicted octanol–water partition coefficient (Wildman–Crippen LogP) is 3.43. The Bertz CT molecular complexity index is 1050. The number of aromatic carboxylic acids is 1. The summed E-state index contributed by atoms with van der Waals surface area (Å²) in [6.45, 7) is 0. The van der Waals surface area contributed by atoms with Crippen LogP contribution in [0.1, 0.15) is 26.5 Å². The molecule has 8 heteroatoms. The number of nitrogens with one attached hydrogen (secondary N) is 1. The molecule has 0 aliphatic heterocycles. The lowest BCUT2D eigenvalue weighted by atomic mass is 10.1. The highest BCUT2D eigenvalue weighted by Crippen LogP contribution is 2.25. The zero-order valence-electron chi connectivity index (χ0n) is 15.7. The van der Waals surface area contributed by atoms with Gasteiger partial charge in [-0.1, -0.05) is 18.2 Å². The molecule has 0 atom stereocenters. The summed E-state index contributed by atoms with van der Waals surface area (Å²) >= 11 is 0. The van der Waals surface area contributed by atoms with Crippen LogP contribution in [0.5, 0.6) is 11.5 Å². The Morgan fingerprint density at radius 3 is 2.38 bits per heavy atom.